The van der Waals surface area contributed by atoms with Crippen molar-refractivity contribution in [2.75, 3.05) is 20.2 Å². The van der Waals surface area contributed by atoms with Gasteiger partial charge in [-0.1, -0.05) is 12.1 Å². The van der Waals surface area contributed by atoms with Crippen LogP contribution < -0.4 is 4.74 Å². The van der Waals surface area contributed by atoms with Crippen molar-refractivity contribution in [2.45, 2.75) is 18.5 Å². The van der Waals surface area contributed by atoms with Gasteiger partial charge in [0.2, 0.25) is 0 Å². The summed E-state index contributed by atoms with van der Waals surface area (Å²) in [6.07, 6.45) is -4.62. The van der Waals surface area contributed by atoms with Crippen molar-refractivity contribution in [3.63, 3.8) is 0 Å². The monoisotopic (exact) mass is 318 g/mol. The fourth-order valence-electron chi connectivity index (χ4n) is 2.61. The number of rotatable bonds is 3. The van der Waals surface area contributed by atoms with Crippen molar-refractivity contribution in [3.8, 4) is 5.75 Å². The van der Waals surface area contributed by atoms with E-state index in [1.807, 2.05) is 0 Å². The van der Waals surface area contributed by atoms with Crippen molar-refractivity contribution < 1.29 is 27.6 Å². The Morgan fingerprint density at radius 1 is 1.45 bits per heavy atom. The Hall–Kier alpha value is -2.32. The van der Waals surface area contributed by atoms with Crippen LogP contribution in [0.4, 0.5) is 18.9 Å². The van der Waals surface area contributed by atoms with Crippen LogP contribution >= 0.6 is 0 Å². The molecule has 9 heteroatoms. The molecule has 1 unspecified atom stereocenters. The summed E-state index contributed by atoms with van der Waals surface area (Å²) < 4.78 is 42.4. The van der Waals surface area contributed by atoms with Gasteiger partial charge in [0.05, 0.1) is 12.0 Å². The smallest absolute Gasteiger partial charge is 0.471 e. The number of nitro benzene ring substituents is 1. The number of para-hydroxylation sites is 1. The van der Waals surface area contributed by atoms with Crippen molar-refractivity contribution in [2.24, 2.45) is 0 Å². The summed E-state index contributed by atoms with van der Waals surface area (Å²) in [5, 5.41) is 11.0. The number of benzene rings is 1. The maximum atomic E-state index is 12.4. The number of hydrogen-bond acceptors (Lipinski definition) is 4. The number of nitro groups is 1. The van der Waals surface area contributed by atoms with E-state index in [2.05, 4.69) is 0 Å². The average Bonchev–Trinajstić information content (AvgIpc) is 2.93. The minimum atomic E-state index is -4.92. The quantitative estimate of drug-likeness (QED) is 0.634. The lowest BCUT2D eigenvalue weighted by Crippen LogP contribution is -2.39. The average molecular weight is 318 g/mol. The molecule has 2 rings (SSSR count). The topological polar surface area (TPSA) is 72.7 Å². The van der Waals surface area contributed by atoms with Crippen LogP contribution in [0.2, 0.25) is 0 Å². The molecule has 6 nitrogen and oxygen atoms in total. The van der Waals surface area contributed by atoms with Gasteiger partial charge in [0.1, 0.15) is 0 Å². The standard InChI is InChI=1S/C13H13F3N2O4/c1-22-11-9(3-2-4-10(11)18(20)21)8-5-6-17(7-8)12(19)13(14,15)16/h2-4,8H,5-7H2,1H3. The summed E-state index contributed by atoms with van der Waals surface area (Å²) in [6, 6.07) is 4.28. The Balaban J connectivity index is 2.26. The fourth-order valence-corrected chi connectivity index (χ4v) is 2.61. The van der Waals surface area contributed by atoms with Gasteiger partial charge in [-0.05, 0) is 6.42 Å². The molecule has 0 N–H and O–H groups in total. The number of hydrogen-bond donors (Lipinski definition) is 0. The van der Waals surface area contributed by atoms with Crippen molar-refractivity contribution in [3.05, 3.63) is 33.9 Å². The number of ether oxygens (including phenoxy) is 1. The first-order valence-electron chi connectivity index (χ1n) is 6.43. The second-order valence-electron chi connectivity index (χ2n) is 4.89. The Labute approximate surface area is 123 Å². The van der Waals surface area contributed by atoms with E-state index in [4.69, 9.17) is 4.74 Å². The third kappa shape index (κ3) is 2.97. The molecule has 1 aromatic carbocycles. The maximum absolute atomic E-state index is 12.4. The van der Waals surface area contributed by atoms with E-state index in [-0.39, 0.29) is 24.5 Å². The molecule has 0 bridgehead atoms. The van der Waals surface area contributed by atoms with E-state index in [9.17, 15) is 28.1 Å². The van der Waals surface area contributed by atoms with E-state index in [1.165, 1.54) is 19.2 Å². The van der Waals surface area contributed by atoms with Crippen LogP contribution in [0.3, 0.4) is 0 Å². The highest BCUT2D eigenvalue weighted by atomic mass is 19.4. The van der Waals surface area contributed by atoms with Gasteiger partial charge in [-0.25, -0.2) is 0 Å². The number of nitrogens with zero attached hydrogens (tertiary/aromatic N) is 2. The third-order valence-corrected chi connectivity index (χ3v) is 3.58. The Kier molecular flexibility index (Phi) is 4.25. The number of alkyl halides is 3. The lowest BCUT2D eigenvalue weighted by molar-refractivity contribution is -0.385. The van der Waals surface area contributed by atoms with Crippen LogP contribution in [0.25, 0.3) is 0 Å². The number of carbonyl (C=O) groups is 1. The summed E-state index contributed by atoms with van der Waals surface area (Å²) in [7, 11) is 1.26. The normalized spacial score (nSPS) is 18.4. The van der Waals surface area contributed by atoms with Gasteiger partial charge >= 0.3 is 17.8 Å². The number of carbonyl (C=O) groups excluding carboxylic acids is 1. The van der Waals surface area contributed by atoms with E-state index >= 15 is 0 Å². The second-order valence-corrected chi connectivity index (χ2v) is 4.89. The molecule has 1 fully saturated rings. The zero-order chi connectivity index (χ0) is 16.5. The van der Waals surface area contributed by atoms with E-state index < -0.39 is 22.9 Å². The summed E-state index contributed by atoms with van der Waals surface area (Å²) in [6.45, 7) is -0.190. The van der Waals surface area contributed by atoms with E-state index in [0.717, 1.165) is 0 Å². The molecular weight excluding hydrogens is 305 g/mol. The third-order valence-electron chi connectivity index (χ3n) is 3.58. The molecule has 1 aliphatic heterocycles. The summed E-state index contributed by atoms with van der Waals surface area (Å²) in [5.41, 5.74) is 0.190. The number of amides is 1. The van der Waals surface area contributed by atoms with Gasteiger partial charge in [-0.2, -0.15) is 13.2 Å². The highest BCUT2D eigenvalue weighted by Gasteiger charge is 2.45. The summed E-state index contributed by atoms with van der Waals surface area (Å²) >= 11 is 0. The van der Waals surface area contributed by atoms with Crippen molar-refractivity contribution in [1.82, 2.24) is 4.90 Å². The number of halogens is 3. The summed E-state index contributed by atoms with van der Waals surface area (Å²) in [4.78, 5) is 22.3. The first-order chi connectivity index (χ1) is 10.3. The predicted octanol–water partition coefficient (Wildman–Crippen LogP) is 2.48. The van der Waals surface area contributed by atoms with Gasteiger partial charge in [0.25, 0.3) is 0 Å². The van der Waals surface area contributed by atoms with E-state index in [0.29, 0.717) is 16.9 Å². The van der Waals surface area contributed by atoms with Gasteiger partial charge < -0.3 is 9.64 Å². The van der Waals surface area contributed by atoms with Crippen LogP contribution in [0.15, 0.2) is 18.2 Å². The molecule has 0 aromatic heterocycles. The number of likely N-dealkylation sites (tertiary alicyclic amines) is 1. The molecule has 0 aliphatic carbocycles. The van der Waals surface area contributed by atoms with Crippen molar-refractivity contribution >= 4 is 11.6 Å². The molecule has 1 heterocycles. The van der Waals surface area contributed by atoms with E-state index in [1.54, 1.807) is 6.07 Å². The van der Waals surface area contributed by atoms with Gasteiger partial charge in [0, 0.05) is 30.6 Å². The molecule has 0 spiro atoms. The summed E-state index contributed by atoms with van der Waals surface area (Å²) in [5.74, 6) is -2.29. The Bertz CT molecular complexity index is 603. The highest BCUT2D eigenvalue weighted by Crippen LogP contribution is 2.39. The van der Waals surface area contributed by atoms with Crippen LogP contribution in [-0.4, -0.2) is 42.1 Å². The fraction of sp³-hybridized carbons (Fsp3) is 0.462. The molecule has 1 atom stereocenters. The molecule has 0 saturated carbocycles. The minimum absolute atomic E-state index is 0.0267. The van der Waals surface area contributed by atoms with Crippen LogP contribution in [0.5, 0.6) is 5.75 Å². The molecule has 1 saturated heterocycles. The molecule has 1 aliphatic rings. The predicted molar refractivity (Wildman–Crippen MR) is 69.6 cm³/mol. The molecule has 1 amide bonds. The van der Waals surface area contributed by atoms with Gasteiger partial charge in [-0.15, -0.1) is 0 Å². The lowest BCUT2D eigenvalue weighted by atomic mass is 9.96. The van der Waals surface area contributed by atoms with Crippen LogP contribution in [0.1, 0.15) is 17.9 Å². The van der Waals surface area contributed by atoms with Crippen LogP contribution in [-0.2, 0) is 4.79 Å². The van der Waals surface area contributed by atoms with Crippen molar-refractivity contribution in [1.29, 1.82) is 0 Å². The minimum Gasteiger partial charge on any atom is -0.490 e. The molecule has 22 heavy (non-hydrogen) atoms. The SMILES string of the molecule is COc1c(C2CCN(C(=O)C(F)(F)F)C2)cccc1[N+](=O)[O-]. The molecular formula is C13H13F3N2O4. The Morgan fingerprint density at radius 3 is 2.68 bits per heavy atom. The van der Waals surface area contributed by atoms with Crippen LogP contribution in [0, 0.1) is 10.1 Å². The highest BCUT2D eigenvalue weighted by molar-refractivity contribution is 5.82. The van der Waals surface area contributed by atoms with Gasteiger partial charge in [-0.3, -0.25) is 14.9 Å². The lowest BCUT2D eigenvalue weighted by Gasteiger charge is -2.18. The molecule has 120 valence electrons. The molecule has 0 radical (unpaired) electrons. The molecule has 1 aromatic rings. The zero-order valence-electron chi connectivity index (χ0n) is 11.6. The zero-order valence-corrected chi connectivity index (χ0v) is 11.6. The largest absolute Gasteiger partial charge is 0.490 e. The number of methoxy groups -OCH3 is 1. The first-order valence-corrected chi connectivity index (χ1v) is 6.43. The first kappa shape index (κ1) is 16.1. The maximum Gasteiger partial charge on any atom is 0.471 e. The van der Waals surface area contributed by atoms with Gasteiger partial charge in [0.15, 0.2) is 5.75 Å². The Morgan fingerprint density at radius 2 is 2.14 bits per heavy atom. The second kappa shape index (κ2) is 5.82.